The number of ether oxygens (including phenoxy) is 2. The van der Waals surface area contributed by atoms with Crippen molar-refractivity contribution in [1.29, 1.82) is 0 Å². The molecule has 0 bridgehead atoms. The first-order valence-corrected chi connectivity index (χ1v) is 6.41. The minimum Gasteiger partial charge on any atom is -0.792 e. The van der Waals surface area contributed by atoms with Crippen molar-refractivity contribution in [2.45, 2.75) is 32.5 Å². The average molecular weight is 297 g/mol. The fourth-order valence-corrected chi connectivity index (χ4v) is 2.09. The van der Waals surface area contributed by atoms with E-state index in [1.165, 1.54) is 0 Å². The van der Waals surface area contributed by atoms with Crippen molar-refractivity contribution in [1.82, 2.24) is 5.06 Å². The normalized spacial score (nSPS) is 26.5. The van der Waals surface area contributed by atoms with Crippen LogP contribution in [0.4, 0.5) is 0 Å². The van der Waals surface area contributed by atoms with Gasteiger partial charge in [0.15, 0.2) is 11.9 Å². The van der Waals surface area contributed by atoms with Crippen molar-refractivity contribution >= 4 is 17.4 Å². The summed E-state index contributed by atoms with van der Waals surface area (Å²) in [6.07, 6.45) is -1.19. The third kappa shape index (κ3) is 2.50. The summed E-state index contributed by atoms with van der Waals surface area (Å²) in [7, 11) is 0. The first-order chi connectivity index (χ1) is 9.83. The van der Waals surface area contributed by atoms with Crippen LogP contribution in [-0.4, -0.2) is 52.6 Å². The molecule has 2 heterocycles. The minimum atomic E-state index is -1.19. The van der Waals surface area contributed by atoms with Gasteiger partial charge in [-0.25, -0.2) is 14.9 Å². The second-order valence-electron chi connectivity index (χ2n) is 5.04. The molecule has 0 aromatic heterocycles. The lowest BCUT2D eigenvalue weighted by Gasteiger charge is -2.40. The second-order valence-corrected chi connectivity index (χ2v) is 5.04. The highest BCUT2D eigenvalue weighted by Crippen LogP contribution is 2.31. The predicted molar refractivity (Wildman–Crippen MR) is 73.5 cm³/mol. The highest BCUT2D eigenvalue weighted by molar-refractivity contribution is 6.39. The van der Waals surface area contributed by atoms with Gasteiger partial charge in [-0.1, -0.05) is 0 Å². The van der Waals surface area contributed by atoms with Crippen molar-refractivity contribution in [3.05, 3.63) is 16.6 Å². The lowest BCUT2D eigenvalue weighted by atomic mass is 9.94. The Hall–Kier alpha value is -1.97. The Balaban J connectivity index is 2.52. The number of carbonyl (C=O) groups is 1. The molecule has 0 fully saturated rings. The van der Waals surface area contributed by atoms with Gasteiger partial charge in [-0.2, -0.15) is 0 Å². The molecule has 3 N–H and O–H groups in total. The van der Waals surface area contributed by atoms with Gasteiger partial charge in [-0.3, -0.25) is 5.21 Å². The van der Waals surface area contributed by atoms with Crippen LogP contribution in [0, 0.1) is 5.21 Å². The number of aliphatic imine (C=N–C) groups is 1. The van der Waals surface area contributed by atoms with E-state index in [4.69, 9.17) is 15.2 Å². The van der Waals surface area contributed by atoms with Gasteiger partial charge in [-0.05, 0) is 20.8 Å². The van der Waals surface area contributed by atoms with Gasteiger partial charge < -0.3 is 25.6 Å². The summed E-state index contributed by atoms with van der Waals surface area (Å²) in [5, 5.41) is 24.7. The third-order valence-electron chi connectivity index (χ3n) is 3.27. The van der Waals surface area contributed by atoms with Crippen LogP contribution in [0.25, 0.3) is 0 Å². The van der Waals surface area contributed by atoms with Gasteiger partial charge in [0.05, 0.1) is 24.6 Å². The van der Waals surface area contributed by atoms with Gasteiger partial charge in [0, 0.05) is 0 Å². The second kappa shape index (κ2) is 5.43. The summed E-state index contributed by atoms with van der Waals surface area (Å²) in [5.41, 5.74) is 4.83. The molecule has 9 nitrogen and oxygen atoms in total. The number of nitrogens with zero attached hydrogens (tertiary/aromatic N) is 3. The SMILES string of the molecule is CCOC(=O)C1=NC2=C(COC(C)(C)C2=N[O-])N(O)C1N. The zero-order valence-electron chi connectivity index (χ0n) is 12.0. The number of hydrogen-bond acceptors (Lipinski definition) is 9. The van der Waals surface area contributed by atoms with E-state index < -0.39 is 17.7 Å². The van der Waals surface area contributed by atoms with E-state index in [9.17, 15) is 15.2 Å². The molecule has 9 heteroatoms. The van der Waals surface area contributed by atoms with E-state index in [1.807, 2.05) is 0 Å². The molecule has 2 rings (SSSR count). The summed E-state index contributed by atoms with van der Waals surface area (Å²) in [4.78, 5) is 15.9. The van der Waals surface area contributed by atoms with Crippen molar-refractivity contribution in [3.63, 3.8) is 0 Å². The molecule has 21 heavy (non-hydrogen) atoms. The molecular weight excluding hydrogens is 280 g/mol. The molecule has 0 spiro atoms. The van der Waals surface area contributed by atoms with Crippen LogP contribution in [0.5, 0.6) is 0 Å². The fourth-order valence-electron chi connectivity index (χ4n) is 2.09. The van der Waals surface area contributed by atoms with E-state index in [0.29, 0.717) is 5.06 Å². The molecule has 0 amide bonds. The number of hydroxylamine groups is 2. The topological polar surface area (TPSA) is 133 Å². The molecule has 0 aromatic carbocycles. The van der Waals surface area contributed by atoms with E-state index in [1.54, 1.807) is 20.8 Å². The van der Waals surface area contributed by atoms with Gasteiger partial charge >= 0.3 is 5.97 Å². The lowest BCUT2D eigenvalue weighted by Crippen LogP contribution is -2.55. The Morgan fingerprint density at radius 1 is 1.71 bits per heavy atom. The maximum absolute atomic E-state index is 11.8. The van der Waals surface area contributed by atoms with E-state index in [-0.39, 0.29) is 36.0 Å². The zero-order chi connectivity index (χ0) is 15.8. The monoisotopic (exact) mass is 297 g/mol. The summed E-state index contributed by atoms with van der Waals surface area (Å²) in [6.45, 7) is 5.05. The molecule has 0 saturated heterocycles. The largest absolute Gasteiger partial charge is 0.792 e. The summed E-state index contributed by atoms with van der Waals surface area (Å²) >= 11 is 0. The van der Waals surface area contributed by atoms with Crippen LogP contribution in [-0.2, 0) is 14.3 Å². The van der Waals surface area contributed by atoms with Gasteiger partial charge in [-0.15, -0.1) is 0 Å². The molecule has 0 aliphatic carbocycles. The Bertz CT molecular complexity index is 552. The van der Waals surface area contributed by atoms with Crippen LogP contribution < -0.4 is 5.73 Å². The van der Waals surface area contributed by atoms with E-state index in [0.717, 1.165) is 0 Å². The van der Waals surface area contributed by atoms with E-state index >= 15 is 0 Å². The summed E-state index contributed by atoms with van der Waals surface area (Å²) in [5.74, 6) is -0.759. The summed E-state index contributed by atoms with van der Waals surface area (Å²) < 4.78 is 10.3. The number of nitrogens with two attached hydrogens (primary N) is 1. The van der Waals surface area contributed by atoms with Crippen LogP contribution in [0.2, 0.25) is 0 Å². The molecule has 2 aliphatic heterocycles. The smallest absolute Gasteiger partial charge is 0.356 e. The van der Waals surface area contributed by atoms with Gasteiger partial charge in [0.25, 0.3) is 0 Å². The van der Waals surface area contributed by atoms with Gasteiger partial charge in [0.1, 0.15) is 11.3 Å². The van der Waals surface area contributed by atoms with Crippen molar-refractivity contribution in [3.8, 4) is 0 Å². The van der Waals surface area contributed by atoms with Crippen LogP contribution >= 0.6 is 0 Å². The van der Waals surface area contributed by atoms with Crippen LogP contribution in [0.1, 0.15) is 20.8 Å². The highest BCUT2D eigenvalue weighted by atomic mass is 16.5. The predicted octanol–water partition coefficient (Wildman–Crippen LogP) is -0.0607. The minimum absolute atomic E-state index is 0.00877. The molecule has 2 aliphatic rings. The van der Waals surface area contributed by atoms with Crippen molar-refractivity contribution in [2.24, 2.45) is 15.9 Å². The quantitative estimate of drug-likeness (QED) is 0.538. The highest BCUT2D eigenvalue weighted by Gasteiger charge is 2.42. The number of rotatable bonds is 2. The first kappa shape index (κ1) is 15.4. The molecule has 1 unspecified atom stereocenters. The lowest BCUT2D eigenvalue weighted by molar-refractivity contribution is -0.137. The molecule has 0 radical (unpaired) electrons. The van der Waals surface area contributed by atoms with Crippen LogP contribution in [0.3, 0.4) is 0 Å². The number of esters is 1. The molecule has 0 saturated carbocycles. The molecular formula is C12H17N4O5-. The standard InChI is InChI=1S/C12H18N4O5/c1-4-20-11(17)8-10(13)16(19)6-5-21-12(2,3)9(15-18)7(6)14-8/h10,18-19H,4-5,13H2,1-3H3/p-1. The van der Waals surface area contributed by atoms with E-state index in [2.05, 4.69) is 10.1 Å². The Labute approximate surface area is 121 Å². The average Bonchev–Trinajstić information content (AvgIpc) is 2.42. The van der Waals surface area contributed by atoms with Gasteiger partial charge in [0.2, 0.25) is 0 Å². The molecule has 0 aromatic rings. The number of carbonyl (C=O) groups excluding carboxylic acids is 1. The Morgan fingerprint density at radius 3 is 2.95 bits per heavy atom. The number of hydrogen-bond donors (Lipinski definition) is 2. The zero-order valence-corrected chi connectivity index (χ0v) is 12.0. The fraction of sp³-hybridized carbons (Fsp3) is 0.583. The first-order valence-electron chi connectivity index (χ1n) is 6.41. The molecule has 1 atom stereocenters. The summed E-state index contributed by atoms with van der Waals surface area (Å²) in [6, 6.07) is 0. The maximum atomic E-state index is 11.8. The maximum Gasteiger partial charge on any atom is 0.356 e. The van der Waals surface area contributed by atoms with Crippen molar-refractivity contribution < 1.29 is 19.5 Å². The Kier molecular flexibility index (Phi) is 3.99. The Morgan fingerprint density at radius 2 is 2.38 bits per heavy atom. The third-order valence-corrected chi connectivity index (χ3v) is 3.27. The van der Waals surface area contributed by atoms with Crippen molar-refractivity contribution in [2.75, 3.05) is 13.2 Å². The molecule has 116 valence electrons. The van der Waals surface area contributed by atoms with Crippen LogP contribution in [0.15, 0.2) is 21.5 Å².